The molecule has 0 radical (unpaired) electrons. The molecule has 0 saturated carbocycles. The van der Waals surface area contributed by atoms with E-state index in [1.807, 2.05) is 0 Å². The van der Waals surface area contributed by atoms with Crippen molar-refractivity contribution >= 4 is 17.2 Å². The van der Waals surface area contributed by atoms with Gasteiger partial charge in [0.05, 0.1) is 6.54 Å². The van der Waals surface area contributed by atoms with Crippen molar-refractivity contribution in [2.45, 2.75) is 38.8 Å². The SMILES string of the molecule is Cc1nnc(CCC(F)CN(N)/C=C(\N)C(=O)NCc2cc(OC(F)(F)F)ccc2F)s1. The van der Waals surface area contributed by atoms with Crippen molar-refractivity contribution in [2.75, 3.05) is 6.54 Å². The Bertz CT molecular complexity index is 952. The van der Waals surface area contributed by atoms with Gasteiger partial charge in [0.2, 0.25) is 0 Å². The van der Waals surface area contributed by atoms with Gasteiger partial charge >= 0.3 is 6.36 Å². The monoisotopic (exact) mass is 480 g/mol. The molecule has 2 rings (SSSR count). The van der Waals surface area contributed by atoms with Gasteiger partial charge in [0, 0.05) is 24.7 Å². The summed E-state index contributed by atoms with van der Waals surface area (Å²) in [6.07, 6.45) is -4.76. The summed E-state index contributed by atoms with van der Waals surface area (Å²) in [6.45, 7) is 1.07. The molecule has 1 atom stereocenters. The van der Waals surface area contributed by atoms with E-state index in [1.54, 1.807) is 6.92 Å². The highest BCUT2D eigenvalue weighted by Gasteiger charge is 2.31. The molecule has 8 nitrogen and oxygen atoms in total. The fourth-order valence-electron chi connectivity index (χ4n) is 2.49. The largest absolute Gasteiger partial charge is 0.573 e. The van der Waals surface area contributed by atoms with Gasteiger partial charge in [0.15, 0.2) is 0 Å². The minimum absolute atomic E-state index is 0.137. The number of nitrogens with one attached hydrogen (secondary N) is 1. The first-order chi connectivity index (χ1) is 14.9. The Morgan fingerprint density at radius 1 is 1.38 bits per heavy atom. The summed E-state index contributed by atoms with van der Waals surface area (Å²) >= 11 is 1.36. The van der Waals surface area contributed by atoms with Crippen molar-refractivity contribution in [3.63, 3.8) is 0 Å². The summed E-state index contributed by atoms with van der Waals surface area (Å²) in [7, 11) is 0. The van der Waals surface area contributed by atoms with E-state index in [2.05, 4.69) is 20.3 Å². The molecule has 0 saturated heterocycles. The molecule has 1 aromatic carbocycles. The van der Waals surface area contributed by atoms with Gasteiger partial charge in [-0.3, -0.25) is 4.79 Å². The number of nitrogens with two attached hydrogens (primary N) is 2. The van der Waals surface area contributed by atoms with E-state index >= 15 is 0 Å². The molecule has 1 unspecified atom stereocenters. The summed E-state index contributed by atoms with van der Waals surface area (Å²) in [5.41, 5.74) is 4.94. The highest BCUT2D eigenvalue weighted by molar-refractivity contribution is 7.11. The van der Waals surface area contributed by atoms with Crippen molar-refractivity contribution in [3.05, 3.63) is 51.5 Å². The van der Waals surface area contributed by atoms with Gasteiger partial charge in [0.1, 0.15) is 33.5 Å². The molecule has 0 bridgehead atoms. The molecule has 14 heteroatoms. The molecule has 0 aliphatic heterocycles. The van der Waals surface area contributed by atoms with Crippen LogP contribution in [-0.4, -0.2) is 40.2 Å². The Kier molecular flexibility index (Phi) is 8.72. The van der Waals surface area contributed by atoms with E-state index in [9.17, 15) is 26.7 Å². The van der Waals surface area contributed by atoms with Crippen LogP contribution in [0.5, 0.6) is 5.75 Å². The van der Waals surface area contributed by atoms with E-state index in [-0.39, 0.29) is 18.5 Å². The summed E-state index contributed by atoms with van der Waals surface area (Å²) in [5.74, 6) is 3.28. The summed E-state index contributed by atoms with van der Waals surface area (Å²) in [4.78, 5) is 12.0. The minimum atomic E-state index is -4.94. The predicted molar refractivity (Wildman–Crippen MR) is 106 cm³/mol. The Morgan fingerprint density at radius 3 is 2.72 bits per heavy atom. The molecule has 5 N–H and O–H groups in total. The van der Waals surface area contributed by atoms with E-state index in [4.69, 9.17) is 11.6 Å². The van der Waals surface area contributed by atoms with Crippen molar-refractivity contribution < 1.29 is 31.5 Å². The van der Waals surface area contributed by atoms with Gasteiger partial charge in [-0.1, -0.05) is 0 Å². The third kappa shape index (κ3) is 8.63. The van der Waals surface area contributed by atoms with Crippen LogP contribution in [0.1, 0.15) is 22.0 Å². The second kappa shape index (κ2) is 11.0. The zero-order valence-corrected chi connectivity index (χ0v) is 17.6. The summed E-state index contributed by atoms with van der Waals surface area (Å²) in [6, 6.07) is 2.37. The number of ether oxygens (including phenoxy) is 1. The second-order valence-corrected chi connectivity index (χ2v) is 7.88. The maximum atomic E-state index is 14.1. The lowest BCUT2D eigenvalue weighted by Gasteiger charge is -2.17. The molecular formula is C18H21F5N6O2S. The van der Waals surface area contributed by atoms with E-state index in [0.717, 1.165) is 34.4 Å². The first-order valence-electron chi connectivity index (χ1n) is 9.17. The molecule has 1 aromatic heterocycles. The Labute approximate surface area is 184 Å². The third-order valence-electron chi connectivity index (χ3n) is 3.91. The van der Waals surface area contributed by atoms with Crippen molar-refractivity contribution in [1.29, 1.82) is 0 Å². The minimum Gasteiger partial charge on any atom is -0.406 e. The lowest BCUT2D eigenvalue weighted by Crippen LogP contribution is -2.36. The maximum absolute atomic E-state index is 14.1. The quantitative estimate of drug-likeness (QED) is 0.207. The number of benzene rings is 1. The van der Waals surface area contributed by atoms with Crippen molar-refractivity contribution in [2.24, 2.45) is 11.6 Å². The fourth-order valence-corrected chi connectivity index (χ4v) is 3.21. The highest BCUT2D eigenvalue weighted by Crippen LogP contribution is 2.24. The van der Waals surface area contributed by atoms with Crippen molar-refractivity contribution in [1.82, 2.24) is 20.5 Å². The van der Waals surface area contributed by atoms with E-state index in [1.165, 1.54) is 11.3 Å². The first kappa shape index (κ1) is 25.3. The van der Waals surface area contributed by atoms with Gasteiger partial charge in [-0.15, -0.1) is 34.7 Å². The van der Waals surface area contributed by atoms with Gasteiger partial charge in [-0.05, 0) is 31.5 Å². The van der Waals surface area contributed by atoms with Gasteiger partial charge in [0.25, 0.3) is 5.91 Å². The molecule has 176 valence electrons. The molecule has 0 fully saturated rings. The van der Waals surface area contributed by atoms with Crippen LogP contribution in [0.4, 0.5) is 22.0 Å². The topological polar surface area (TPSA) is 119 Å². The van der Waals surface area contributed by atoms with Gasteiger partial charge < -0.3 is 20.8 Å². The van der Waals surface area contributed by atoms with Gasteiger partial charge in [-0.2, -0.15) is 0 Å². The molecule has 0 aliphatic rings. The van der Waals surface area contributed by atoms with Crippen molar-refractivity contribution in [3.8, 4) is 5.75 Å². The molecule has 32 heavy (non-hydrogen) atoms. The molecule has 0 aliphatic carbocycles. The number of hydrogen-bond acceptors (Lipinski definition) is 8. The summed E-state index contributed by atoms with van der Waals surface area (Å²) < 4.78 is 68.4. The number of carbonyl (C=O) groups excluding carboxylic acids is 1. The number of hydrazine groups is 1. The van der Waals surface area contributed by atoms with Crippen LogP contribution in [0.2, 0.25) is 0 Å². The zero-order chi connectivity index (χ0) is 23.9. The van der Waals surface area contributed by atoms with Crippen LogP contribution in [0, 0.1) is 12.7 Å². The number of rotatable bonds is 10. The number of aryl methyl sites for hydroxylation is 2. The molecule has 1 heterocycles. The number of nitrogens with zero attached hydrogens (tertiary/aromatic N) is 3. The molecule has 0 spiro atoms. The highest BCUT2D eigenvalue weighted by atomic mass is 32.1. The Hall–Kier alpha value is -3.00. The molecular weight excluding hydrogens is 459 g/mol. The smallest absolute Gasteiger partial charge is 0.406 e. The van der Waals surface area contributed by atoms with E-state index < -0.39 is 42.2 Å². The number of amides is 1. The van der Waals surface area contributed by atoms with Crippen LogP contribution in [0.3, 0.4) is 0 Å². The fraction of sp³-hybridized carbons (Fsp3) is 0.389. The summed E-state index contributed by atoms with van der Waals surface area (Å²) in [5, 5.41) is 12.3. The van der Waals surface area contributed by atoms with Crippen LogP contribution in [-0.2, 0) is 17.8 Å². The number of halogens is 5. The van der Waals surface area contributed by atoms with Crippen LogP contribution in [0.25, 0.3) is 0 Å². The van der Waals surface area contributed by atoms with Crippen LogP contribution in [0.15, 0.2) is 30.1 Å². The lowest BCUT2D eigenvalue weighted by atomic mass is 10.2. The maximum Gasteiger partial charge on any atom is 0.573 e. The molecule has 1 amide bonds. The predicted octanol–water partition coefficient (Wildman–Crippen LogP) is 2.45. The van der Waals surface area contributed by atoms with Gasteiger partial charge in [-0.25, -0.2) is 14.6 Å². The Morgan fingerprint density at radius 2 is 2.09 bits per heavy atom. The standard InChI is InChI=1S/C18H21F5N6O2S/c1-10-27-28-16(32-10)5-2-12(19)8-29(25)9-15(24)17(30)26-7-11-6-13(3-4-14(11)20)31-18(21,22)23/h3-4,6,9,12H,2,5,7-8,24-25H2,1H3,(H,26,30)/b15-9-. The Balaban J connectivity index is 1.85. The lowest BCUT2D eigenvalue weighted by molar-refractivity contribution is -0.274. The van der Waals surface area contributed by atoms with Crippen LogP contribution >= 0.6 is 11.3 Å². The first-order valence-corrected chi connectivity index (χ1v) is 9.98. The van der Waals surface area contributed by atoms with Crippen LogP contribution < -0.4 is 21.6 Å². The number of aromatic nitrogens is 2. The number of hydrogen-bond donors (Lipinski definition) is 3. The normalized spacial score (nSPS) is 13.0. The average Bonchev–Trinajstić information content (AvgIpc) is 3.10. The average molecular weight is 480 g/mol. The van der Waals surface area contributed by atoms with E-state index in [0.29, 0.717) is 11.4 Å². The number of alkyl halides is 4. The number of carbonyl (C=O) groups is 1. The second-order valence-electron chi connectivity index (χ2n) is 6.62. The third-order valence-corrected chi connectivity index (χ3v) is 4.80. The molecule has 2 aromatic rings. The zero-order valence-electron chi connectivity index (χ0n) is 16.8.